The molecule has 0 spiro atoms. The Morgan fingerprint density at radius 3 is 2.83 bits per heavy atom. The standard InChI is InChI=1S/C17H21F2NO3/c1-20-8-7-17(6-5-12(21)10-15(17)20)11-3-4-13(23-16(18)19)14(9-11)22-2/h3-6,9,12,15-16,21H,7-8,10H2,1-2H3/t12?,15?,17-/m0/s1. The molecule has 1 aliphatic heterocycles. The summed E-state index contributed by atoms with van der Waals surface area (Å²) in [5, 5.41) is 9.94. The van der Waals surface area contributed by atoms with Crippen LogP contribution < -0.4 is 9.47 Å². The van der Waals surface area contributed by atoms with Crippen molar-refractivity contribution in [1.82, 2.24) is 4.90 Å². The molecule has 1 aromatic carbocycles. The minimum Gasteiger partial charge on any atom is -0.493 e. The summed E-state index contributed by atoms with van der Waals surface area (Å²) in [7, 11) is 3.48. The number of aliphatic hydroxyl groups excluding tert-OH is 1. The van der Waals surface area contributed by atoms with E-state index in [2.05, 4.69) is 15.7 Å². The van der Waals surface area contributed by atoms with Gasteiger partial charge in [-0.3, -0.25) is 0 Å². The molecule has 0 bridgehead atoms. The number of methoxy groups -OCH3 is 1. The van der Waals surface area contributed by atoms with E-state index in [1.807, 2.05) is 19.2 Å². The molecule has 6 heteroatoms. The van der Waals surface area contributed by atoms with Gasteiger partial charge in [0.2, 0.25) is 0 Å². The van der Waals surface area contributed by atoms with E-state index in [4.69, 9.17) is 4.74 Å². The Morgan fingerprint density at radius 1 is 1.35 bits per heavy atom. The van der Waals surface area contributed by atoms with Gasteiger partial charge in [-0.1, -0.05) is 18.2 Å². The van der Waals surface area contributed by atoms with Crippen molar-refractivity contribution in [3.63, 3.8) is 0 Å². The Kier molecular flexibility index (Phi) is 4.29. The van der Waals surface area contributed by atoms with Gasteiger partial charge in [0.05, 0.1) is 13.2 Å². The first kappa shape index (κ1) is 16.2. The van der Waals surface area contributed by atoms with Crippen LogP contribution >= 0.6 is 0 Å². The van der Waals surface area contributed by atoms with Gasteiger partial charge in [-0.05, 0) is 44.1 Å². The number of hydrogen-bond donors (Lipinski definition) is 1. The number of aliphatic hydroxyl groups is 1. The second-order valence-corrected chi connectivity index (χ2v) is 6.19. The lowest BCUT2D eigenvalue weighted by Crippen LogP contribution is -2.44. The molecule has 1 fully saturated rings. The molecule has 0 aromatic heterocycles. The van der Waals surface area contributed by atoms with Gasteiger partial charge in [0.1, 0.15) is 0 Å². The highest BCUT2D eigenvalue weighted by Gasteiger charge is 2.48. The fraction of sp³-hybridized carbons (Fsp3) is 0.529. The molecule has 3 rings (SSSR count). The van der Waals surface area contributed by atoms with Gasteiger partial charge in [0.25, 0.3) is 0 Å². The summed E-state index contributed by atoms with van der Waals surface area (Å²) < 4.78 is 34.7. The molecule has 126 valence electrons. The Bertz CT molecular complexity index is 608. The van der Waals surface area contributed by atoms with Gasteiger partial charge < -0.3 is 19.5 Å². The van der Waals surface area contributed by atoms with Gasteiger partial charge in [0.15, 0.2) is 11.5 Å². The average molecular weight is 325 g/mol. The van der Waals surface area contributed by atoms with Crippen molar-refractivity contribution in [2.45, 2.75) is 37.0 Å². The van der Waals surface area contributed by atoms with Crippen LogP contribution in [0.15, 0.2) is 30.4 Å². The SMILES string of the molecule is COc1cc([C@@]23C=CC(O)CC2N(C)CC3)ccc1OC(F)F. The minimum absolute atomic E-state index is 0.0328. The van der Waals surface area contributed by atoms with E-state index in [0.717, 1.165) is 18.5 Å². The topological polar surface area (TPSA) is 41.9 Å². The molecule has 1 heterocycles. The third-order valence-corrected chi connectivity index (χ3v) is 5.00. The fourth-order valence-corrected chi connectivity index (χ4v) is 3.84. The summed E-state index contributed by atoms with van der Waals surface area (Å²) >= 11 is 0. The highest BCUT2D eigenvalue weighted by molar-refractivity contribution is 5.48. The van der Waals surface area contributed by atoms with Crippen molar-refractivity contribution >= 4 is 0 Å². The van der Waals surface area contributed by atoms with Crippen LogP contribution in [0.4, 0.5) is 8.78 Å². The van der Waals surface area contributed by atoms with E-state index < -0.39 is 12.7 Å². The molecule has 1 aliphatic carbocycles. The van der Waals surface area contributed by atoms with Crippen molar-refractivity contribution in [1.29, 1.82) is 0 Å². The molecule has 4 nitrogen and oxygen atoms in total. The normalized spacial score (nSPS) is 30.5. The molecular formula is C17H21F2NO3. The first-order valence-corrected chi connectivity index (χ1v) is 7.67. The summed E-state index contributed by atoms with van der Waals surface area (Å²) in [4.78, 5) is 2.24. The number of benzene rings is 1. The van der Waals surface area contributed by atoms with Crippen LogP contribution in [0, 0.1) is 0 Å². The van der Waals surface area contributed by atoms with Crippen molar-refractivity contribution in [2.75, 3.05) is 20.7 Å². The number of rotatable bonds is 4. The lowest BCUT2D eigenvalue weighted by molar-refractivity contribution is -0.0512. The number of alkyl halides is 2. The van der Waals surface area contributed by atoms with Crippen LogP contribution in [0.1, 0.15) is 18.4 Å². The second-order valence-electron chi connectivity index (χ2n) is 6.19. The first-order chi connectivity index (χ1) is 11.0. The molecule has 1 aromatic rings. The smallest absolute Gasteiger partial charge is 0.387 e. The maximum absolute atomic E-state index is 12.5. The zero-order chi connectivity index (χ0) is 16.6. The monoisotopic (exact) mass is 325 g/mol. The number of nitrogens with zero attached hydrogens (tertiary/aromatic N) is 1. The second kappa shape index (κ2) is 6.09. The summed E-state index contributed by atoms with van der Waals surface area (Å²) in [5.41, 5.74) is 0.762. The van der Waals surface area contributed by atoms with Gasteiger partial charge in [-0.25, -0.2) is 0 Å². The maximum atomic E-state index is 12.5. The van der Waals surface area contributed by atoms with E-state index in [1.54, 1.807) is 6.07 Å². The number of likely N-dealkylation sites (N-methyl/N-ethyl adjacent to an activating group) is 1. The summed E-state index contributed by atoms with van der Waals surface area (Å²) in [6, 6.07) is 5.29. The van der Waals surface area contributed by atoms with Gasteiger partial charge >= 0.3 is 6.61 Å². The Labute approximate surface area is 134 Å². The quantitative estimate of drug-likeness (QED) is 0.864. The van der Waals surface area contributed by atoms with Gasteiger partial charge in [-0.2, -0.15) is 8.78 Å². The molecule has 0 amide bonds. The largest absolute Gasteiger partial charge is 0.493 e. The Morgan fingerprint density at radius 2 is 2.13 bits per heavy atom. The van der Waals surface area contributed by atoms with Crippen LogP contribution in [0.25, 0.3) is 0 Å². The van der Waals surface area contributed by atoms with E-state index in [-0.39, 0.29) is 17.2 Å². The molecular weight excluding hydrogens is 304 g/mol. The van der Waals surface area contributed by atoms with Crippen molar-refractivity contribution in [2.24, 2.45) is 0 Å². The predicted molar refractivity (Wildman–Crippen MR) is 82.1 cm³/mol. The predicted octanol–water partition coefficient (Wildman–Crippen LogP) is 2.56. The molecule has 23 heavy (non-hydrogen) atoms. The molecule has 1 saturated heterocycles. The third-order valence-electron chi connectivity index (χ3n) is 5.00. The van der Waals surface area contributed by atoms with Crippen molar-refractivity contribution in [3.05, 3.63) is 35.9 Å². The Balaban J connectivity index is 2.01. The van der Waals surface area contributed by atoms with E-state index >= 15 is 0 Å². The summed E-state index contributed by atoms with van der Waals surface area (Å²) in [6.07, 6.45) is 5.00. The Hall–Kier alpha value is -1.66. The van der Waals surface area contributed by atoms with Crippen LogP contribution in [-0.2, 0) is 5.41 Å². The molecule has 0 radical (unpaired) electrons. The van der Waals surface area contributed by atoms with Crippen molar-refractivity contribution in [3.8, 4) is 11.5 Å². The minimum atomic E-state index is -2.89. The molecule has 2 unspecified atom stereocenters. The van der Waals surface area contributed by atoms with Crippen molar-refractivity contribution < 1.29 is 23.4 Å². The zero-order valence-electron chi connectivity index (χ0n) is 13.2. The van der Waals surface area contributed by atoms with E-state index in [1.165, 1.54) is 13.2 Å². The number of hydrogen-bond acceptors (Lipinski definition) is 4. The number of halogens is 2. The van der Waals surface area contributed by atoms with Crippen LogP contribution in [0.3, 0.4) is 0 Å². The van der Waals surface area contributed by atoms with Crippen LogP contribution in [0.2, 0.25) is 0 Å². The molecule has 2 aliphatic rings. The first-order valence-electron chi connectivity index (χ1n) is 7.67. The zero-order valence-corrected chi connectivity index (χ0v) is 13.2. The average Bonchev–Trinajstić information content (AvgIpc) is 2.85. The lowest BCUT2D eigenvalue weighted by Gasteiger charge is -2.39. The number of fused-ring (bicyclic) bond motifs is 1. The van der Waals surface area contributed by atoms with Gasteiger partial charge in [0, 0.05) is 11.5 Å². The van der Waals surface area contributed by atoms with E-state index in [9.17, 15) is 13.9 Å². The lowest BCUT2D eigenvalue weighted by atomic mass is 9.69. The van der Waals surface area contributed by atoms with Gasteiger partial charge in [-0.15, -0.1) is 0 Å². The molecule has 1 N–H and O–H groups in total. The van der Waals surface area contributed by atoms with E-state index in [0.29, 0.717) is 12.2 Å². The maximum Gasteiger partial charge on any atom is 0.387 e. The number of ether oxygens (including phenoxy) is 2. The molecule has 3 atom stereocenters. The molecule has 0 saturated carbocycles. The van der Waals surface area contributed by atoms with Crippen LogP contribution in [-0.4, -0.2) is 49.5 Å². The highest BCUT2D eigenvalue weighted by Crippen LogP contribution is 2.47. The summed E-state index contributed by atoms with van der Waals surface area (Å²) in [5.74, 6) is 0.329. The third kappa shape index (κ3) is 2.81. The fourth-order valence-electron chi connectivity index (χ4n) is 3.84. The highest BCUT2D eigenvalue weighted by atomic mass is 19.3. The number of likely N-dealkylation sites (tertiary alicyclic amines) is 1. The summed E-state index contributed by atoms with van der Waals surface area (Å²) in [6.45, 7) is -1.97. The van der Waals surface area contributed by atoms with Crippen LogP contribution in [0.5, 0.6) is 11.5 Å².